The predicted molar refractivity (Wildman–Crippen MR) is 86.4 cm³/mol. The van der Waals surface area contributed by atoms with Crippen LogP contribution in [-0.2, 0) is 0 Å². The summed E-state index contributed by atoms with van der Waals surface area (Å²) in [6.07, 6.45) is -2.25. The summed E-state index contributed by atoms with van der Waals surface area (Å²) in [6, 6.07) is 11.9. The van der Waals surface area contributed by atoms with Gasteiger partial charge in [0.05, 0.1) is 6.34 Å². The Bertz CT molecular complexity index is 737. The Morgan fingerprint density at radius 2 is 1.67 bits per heavy atom. The zero-order chi connectivity index (χ0) is 17.6. The summed E-state index contributed by atoms with van der Waals surface area (Å²) in [5.74, 6) is -0.305. The first kappa shape index (κ1) is 17.2. The molecule has 0 spiro atoms. The molecule has 2 aromatic rings. The number of hydrogen-bond donors (Lipinski definition) is 3. The molecule has 0 aliphatic heterocycles. The maximum atomic E-state index is 12.0. The van der Waals surface area contributed by atoms with Gasteiger partial charge in [-0.1, -0.05) is 24.3 Å². The number of nitrogens with one attached hydrogen (secondary N) is 3. The summed E-state index contributed by atoms with van der Waals surface area (Å²) in [7, 11) is 0. The van der Waals surface area contributed by atoms with Gasteiger partial charge in [0.15, 0.2) is 5.84 Å². The number of rotatable bonds is 5. The van der Waals surface area contributed by atoms with E-state index in [4.69, 9.17) is 10.8 Å². The monoisotopic (exact) mass is 334 g/mol. The second kappa shape index (κ2) is 7.40. The van der Waals surface area contributed by atoms with Crippen molar-refractivity contribution in [2.45, 2.75) is 6.36 Å². The number of amidine groups is 1. The number of nitrogens with zero attached hydrogens (tertiary/aromatic N) is 1. The van der Waals surface area contributed by atoms with Gasteiger partial charge in [-0.25, -0.2) is 4.99 Å². The summed E-state index contributed by atoms with van der Waals surface area (Å²) in [6.45, 7) is 0. The Morgan fingerprint density at radius 3 is 2.21 bits per heavy atom. The highest BCUT2D eigenvalue weighted by Crippen LogP contribution is 2.23. The number of benzene rings is 2. The molecule has 0 saturated heterocycles. The van der Waals surface area contributed by atoms with Crippen molar-refractivity contribution < 1.29 is 17.9 Å². The van der Waals surface area contributed by atoms with Crippen molar-refractivity contribution in [1.82, 2.24) is 0 Å². The molecule has 24 heavy (non-hydrogen) atoms. The minimum Gasteiger partial charge on any atom is -0.406 e. The van der Waals surface area contributed by atoms with Crippen LogP contribution >= 0.6 is 0 Å². The van der Waals surface area contributed by atoms with Gasteiger partial charge < -0.3 is 15.5 Å². The van der Waals surface area contributed by atoms with Crippen LogP contribution in [0, 0.1) is 10.8 Å². The molecule has 3 N–H and O–H groups in total. The van der Waals surface area contributed by atoms with Gasteiger partial charge in [-0.15, -0.1) is 13.2 Å². The lowest BCUT2D eigenvalue weighted by Gasteiger charge is -2.09. The maximum absolute atomic E-state index is 12.0. The van der Waals surface area contributed by atoms with Crippen LogP contribution in [0.5, 0.6) is 5.75 Å². The van der Waals surface area contributed by atoms with E-state index in [1.807, 2.05) is 0 Å². The molecule has 0 amide bonds. The van der Waals surface area contributed by atoms with E-state index >= 15 is 0 Å². The number of alkyl halides is 3. The lowest BCUT2D eigenvalue weighted by molar-refractivity contribution is -0.274. The molecule has 124 valence electrons. The molecule has 5 nitrogen and oxygen atoms in total. The van der Waals surface area contributed by atoms with Crippen LogP contribution in [0.2, 0.25) is 0 Å². The van der Waals surface area contributed by atoms with Gasteiger partial charge in [0.2, 0.25) is 0 Å². The third-order valence-corrected chi connectivity index (χ3v) is 2.86. The number of hydrogen-bond acceptors (Lipinski definition) is 3. The summed E-state index contributed by atoms with van der Waals surface area (Å²) in [4.78, 5) is 3.91. The van der Waals surface area contributed by atoms with Crippen LogP contribution in [0.15, 0.2) is 53.5 Å². The number of halogens is 3. The largest absolute Gasteiger partial charge is 0.573 e. The Morgan fingerprint density at radius 1 is 1.04 bits per heavy atom. The first-order valence-corrected chi connectivity index (χ1v) is 6.72. The van der Waals surface area contributed by atoms with Crippen molar-refractivity contribution in [3.05, 3.63) is 59.7 Å². The van der Waals surface area contributed by atoms with Crippen molar-refractivity contribution in [3.63, 3.8) is 0 Å². The fourth-order valence-corrected chi connectivity index (χ4v) is 1.74. The molecule has 2 rings (SSSR count). The van der Waals surface area contributed by atoms with Crippen LogP contribution in [0.1, 0.15) is 11.1 Å². The summed E-state index contributed by atoms with van der Waals surface area (Å²) in [5, 5.41) is 17.7. The molecule has 0 aliphatic rings. The first-order valence-electron chi connectivity index (χ1n) is 6.72. The normalized spacial score (nSPS) is 11.3. The van der Waals surface area contributed by atoms with Gasteiger partial charge in [-0.05, 0) is 29.8 Å². The second-order valence-electron chi connectivity index (χ2n) is 4.59. The molecular weight excluding hydrogens is 321 g/mol. The molecule has 0 radical (unpaired) electrons. The van der Waals surface area contributed by atoms with Gasteiger partial charge >= 0.3 is 6.36 Å². The van der Waals surface area contributed by atoms with Gasteiger partial charge in [0.1, 0.15) is 5.75 Å². The fraction of sp³-hybridized carbons (Fsp3) is 0.0625. The third kappa shape index (κ3) is 5.24. The third-order valence-electron chi connectivity index (χ3n) is 2.86. The molecule has 0 atom stereocenters. The highest BCUT2D eigenvalue weighted by Gasteiger charge is 2.30. The number of ether oxygens (including phenoxy) is 1. The Hall–Kier alpha value is -3.16. The molecule has 2 aromatic carbocycles. The predicted octanol–water partition coefficient (Wildman–Crippen LogP) is 4.05. The summed E-state index contributed by atoms with van der Waals surface area (Å²) < 4.78 is 39.9. The molecular formula is C16H13F3N4O. The highest BCUT2D eigenvalue weighted by atomic mass is 19.4. The van der Waals surface area contributed by atoms with Gasteiger partial charge in [0.25, 0.3) is 0 Å². The average Bonchev–Trinajstić information content (AvgIpc) is 2.55. The summed E-state index contributed by atoms with van der Waals surface area (Å²) >= 11 is 0. The van der Waals surface area contributed by atoms with E-state index in [0.717, 1.165) is 5.56 Å². The van der Waals surface area contributed by atoms with Crippen molar-refractivity contribution in [2.24, 2.45) is 4.99 Å². The topological polar surface area (TPSA) is 81.3 Å². The van der Waals surface area contributed by atoms with E-state index in [9.17, 15) is 13.2 Å². The average molecular weight is 334 g/mol. The van der Waals surface area contributed by atoms with Crippen LogP contribution < -0.4 is 10.1 Å². The van der Waals surface area contributed by atoms with Gasteiger partial charge in [0, 0.05) is 17.5 Å². The van der Waals surface area contributed by atoms with Crippen molar-refractivity contribution in [2.75, 3.05) is 5.32 Å². The Kier molecular flexibility index (Phi) is 5.31. The maximum Gasteiger partial charge on any atom is 0.573 e. The van der Waals surface area contributed by atoms with Gasteiger partial charge in [-0.2, -0.15) is 0 Å². The van der Waals surface area contributed by atoms with E-state index in [1.54, 1.807) is 24.3 Å². The fourth-order valence-electron chi connectivity index (χ4n) is 1.74. The van der Waals surface area contributed by atoms with Crippen molar-refractivity contribution in [1.29, 1.82) is 10.8 Å². The second-order valence-corrected chi connectivity index (χ2v) is 4.59. The first-order chi connectivity index (χ1) is 11.4. The van der Waals surface area contributed by atoms with Crippen LogP contribution in [0.3, 0.4) is 0 Å². The van der Waals surface area contributed by atoms with Gasteiger partial charge in [-0.3, -0.25) is 5.41 Å². The Balaban J connectivity index is 1.93. The van der Waals surface area contributed by atoms with Crippen molar-refractivity contribution in [3.8, 4) is 5.75 Å². The molecule has 0 unspecified atom stereocenters. The molecule has 0 heterocycles. The van der Waals surface area contributed by atoms with E-state index in [0.29, 0.717) is 11.3 Å². The number of anilines is 1. The van der Waals surface area contributed by atoms with E-state index in [1.165, 1.54) is 36.8 Å². The quantitative estimate of drug-likeness (QED) is 0.569. The Labute approximate surface area is 135 Å². The van der Waals surface area contributed by atoms with Crippen LogP contribution in [-0.4, -0.2) is 24.8 Å². The molecule has 0 aliphatic carbocycles. The van der Waals surface area contributed by atoms with E-state index in [-0.39, 0.29) is 11.6 Å². The lowest BCUT2D eigenvalue weighted by atomic mass is 10.1. The standard InChI is InChI=1S/C16H13F3N4O/c17-16(18,19)24-14-7-5-13(6-8-14)22-10-23-15(21)12-3-1-11(9-20)2-4-12/h1-10,20H,(H2,21,22,23). The minimum absolute atomic E-state index is 0.0102. The van der Waals surface area contributed by atoms with Crippen LogP contribution in [0.4, 0.5) is 18.9 Å². The summed E-state index contributed by atoms with van der Waals surface area (Å²) in [5.41, 5.74) is 1.79. The van der Waals surface area contributed by atoms with E-state index in [2.05, 4.69) is 15.0 Å². The molecule has 0 aromatic heterocycles. The van der Waals surface area contributed by atoms with E-state index < -0.39 is 6.36 Å². The molecule has 0 bridgehead atoms. The zero-order valence-electron chi connectivity index (χ0n) is 12.3. The molecule has 8 heteroatoms. The lowest BCUT2D eigenvalue weighted by Crippen LogP contribution is -2.17. The molecule has 0 fully saturated rings. The smallest absolute Gasteiger partial charge is 0.406 e. The van der Waals surface area contributed by atoms with Crippen LogP contribution in [0.25, 0.3) is 0 Å². The SMILES string of the molecule is N=Cc1ccc(C(=N)/N=C\Nc2ccc(OC(F)(F)F)cc2)cc1. The highest BCUT2D eigenvalue weighted by molar-refractivity contribution is 6.02. The minimum atomic E-state index is -4.72. The zero-order valence-corrected chi connectivity index (χ0v) is 12.3. The number of aliphatic imine (C=N–C) groups is 1. The molecule has 0 saturated carbocycles. The van der Waals surface area contributed by atoms with Crippen molar-refractivity contribution >= 4 is 24.1 Å².